The first-order valence-electron chi connectivity index (χ1n) is 6.70. The third-order valence-corrected chi connectivity index (χ3v) is 4.85. The van der Waals surface area contributed by atoms with Crippen molar-refractivity contribution in [1.29, 1.82) is 0 Å². The predicted molar refractivity (Wildman–Crippen MR) is 91.7 cm³/mol. The number of hydrogen-bond donors (Lipinski definition) is 1. The standard InChI is InChI=1S/C13H8N4S2.C2H6/c1-2-4-8(5-3-1)17-12-10-9(14-6-15-12)11-13(19-10)16-7-18-11;1-2/h1-7H,(H,14,15,17);1-2H3. The monoisotopic (exact) mass is 314 g/mol. The Bertz CT molecular complexity index is 852. The van der Waals surface area contributed by atoms with Crippen LogP contribution < -0.4 is 5.32 Å². The largest absolute Gasteiger partial charge is 0.339 e. The minimum absolute atomic E-state index is 0.839. The maximum Gasteiger partial charge on any atom is 0.151 e. The van der Waals surface area contributed by atoms with E-state index >= 15 is 0 Å². The number of thiophene rings is 1. The molecule has 0 spiro atoms. The number of benzene rings is 1. The highest BCUT2D eigenvalue weighted by molar-refractivity contribution is 7.31. The van der Waals surface area contributed by atoms with Gasteiger partial charge < -0.3 is 5.32 Å². The molecule has 4 rings (SSSR count). The number of hydrogen-bond acceptors (Lipinski definition) is 6. The summed E-state index contributed by atoms with van der Waals surface area (Å²) in [5.74, 6) is 0.839. The van der Waals surface area contributed by atoms with E-state index in [9.17, 15) is 0 Å². The van der Waals surface area contributed by atoms with Gasteiger partial charge in [-0.15, -0.1) is 22.7 Å². The first kappa shape index (κ1) is 13.9. The zero-order chi connectivity index (χ0) is 14.7. The summed E-state index contributed by atoms with van der Waals surface area (Å²) >= 11 is 3.25. The van der Waals surface area contributed by atoms with Crippen LogP contribution >= 0.6 is 22.7 Å². The van der Waals surface area contributed by atoms with Crippen molar-refractivity contribution in [2.45, 2.75) is 13.8 Å². The quantitative estimate of drug-likeness (QED) is 0.561. The lowest BCUT2D eigenvalue weighted by Gasteiger charge is -2.05. The molecule has 3 heterocycles. The van der Waals surface area contributed by atoms with Crippen molar-refractivity contribution in [1.82, 2.24) is 15.0 Å². The Morgan fingerprint density at radius 3 is 2.57 bits per heavy atom. The third-order valence-electron chi connectivity index (χ3n) is 2.79. The fourth-order valence-corrected chi connectivity index (χ4v) is 3.97. The van der Waals surface area contributed by atoms with Gasteiger partial charge in [-0.05, 0) is 12.1 Å². The topological polar surface area (TPSA) is 50.7 Å². The third kappa shape index (κ3) is 2.59. The maximum atomic E-state index is 4.37. The second-order valence-electron chi connectivity index (χ2n) is 3.98. The molecular weight excluding hydrogens is 300 g/mol. The molecule has 0 aliphatic rings. The molecule has 21 heavy (non-hydrogen) atoms. The molecule has 0 aliphatic carbocycles. The number of nitrogens with one attached hydrogen (secondary N) is 1. The number of rotatable bonds is 2. The molecule has 0 atom stereocenters. The molecule has 0 amide bonds. The normalized spacial score (nSPS) is 10.4. The summed E-state index contributed by atoms with van der Waals surface area (Å²) in [4.78, 5) is 14.1. The average molecular weight is 314 g/mol. The van der Waals surface area contributed by atoms with Crippen LogP contribution in [0.15, 0.2) is 42.2 Å². The molecule has 0 saturated heterocycles. The van der Waals surface area contributed by atoms with Crippen LogP contribution in [0.1, 0.15) is 13.8 Å². The molecule has 1 N–H and O–H groups in total. The first-order chi connectivity index (χ1) is 10.4. The highest BCUT2D eigenvalue weighted by atomic mass is 32.1. The Balaban J connectivity index is 0.000000636. The summed E-state index contributed by atoms with van der Waals surface area (Å²) in [6.45, 7) is 4.00. The highest BCUT2D eigenvalue weighted by Gasteiger charge is 2.13. The van der Waals surface area contributed by atoms with Gasteiger partial charge in [0, 0.05) is 5.69 Å². The van der Waals surface area contributed by atoms with Crippen molar-refractivity contribution < 1.29 is 0 Å². The summed E-state index contributed by atoms with van der Waals surface area (Å²) in [5.41, 5.74) is 3.86. The van der Waals surface area contributed by atoms with Gasteiger partial charge in [-0.2, -0.15) is 0 Å². The maximum absolute atomic E-state index is 4.37. The van der Waals surface area contributed by atoms with E-state index in [-0.39, 0.29) is 0 Å². The molecule has 3 aromatic heterocycles. The number of para-hydroxylation sites is 1. The lowest BCUT2D eigenvalue weighted by molar-refractivity contribution is 1.23. The van der Waals surface area contributed by atoms with E-state index in [1.165, 1.54) is 0 Å². The van der Waals surface area contributed by atoms with Gasteiger partial charge >= 0.3 is 0 Å². The molecule has 1 aromatic carbocycles. The van der Waals surface area contributed by atoms with E-state index in [4.69, 9.17) is 0 Å². The minimum Gasteiger partial charge on any atom is -0.339 e. The van der Waals surface area contributed by atoms with Crippen molar-refractivity contribution in [2.75, 3.05) is 5.32 Å². The zero-order valence-electron chi connectivity index (χ0n) is 11.7. The van der Waals surface area contributed by atoms with Gasteiger partial charge in [0.1, 0.15) is 16.7 Å². The van der Waals surface area contributed by atoms with Crippen LogP contribution in [0.3, 0.4) is 0 Å². The van der Waals surface area contributed by atoms with Gasteiger partial charge in [-0.25, -0.2) is 15.0 Å². The van der Waals surface area contributed by atoms with E-state index in [1.54, 1.807) is 29.0 Å². The van der Waals surface area contributed by atoms with E-state index in [1.807, 2.05) is 49.7 Å². The molecule has 0 unspecified atom stereocenters. The lowest BCUT2D eigenvalue weighted by atomic mass is 10.3. The minimum atomic E-state index is 0.839. The van der Waals surface area contributed by atoms with Crippen molar-refractivity contribution in [3.05, 3.63) is 42.2 Å². The van der Waals surface area contributed by atoms with Crippen molar-refractivity contribution in [2.24, 2.45) is 0 Å². The molecule has 0 fully saturated rings. The predicted octanol–water partition coefficient (Wildman–Crippen LogP) is 5.07. The summed E-state index contributed by atoms with van der Waals surface area (Å²) < 4.78 is 2.19. The van der Waals surface area contributed by atoms with Gasteiger partial charge in [0.25, 0.3) is 0 Å². The zero-order valence-corrected chi connectivity index (χ0v) is 13.3. The van der Waals surface area contributed by atoms with Gasteiger partial charge in [0.2, 0.25) is 0 Å². The van der Waals surface area contributed by atoms with Gasteiger partial charge in [0.15, 0.2) is 5.82 Å². The Hall–Kier alpha value is -2.05. The van der Waals surface area contributed by atoms with Gasteiger partial charge in [0.05, 0.1) is 14.9 Å². The fraction of sp³-hybridized carbons (Fsp3) is 0.133. The SMILES string of the molecule is CC.c1ccc(Nc2ncnc3c2sc2ncsc23)cc1. The van der Waals surface area contributed by atoms with Crippen LogP contribution in [0.25, 0.3) is 19.7 Å². The van der Waals surface area contributed by atoms with E-state index in [0.717, 1.165) is 31.3 Å². The second kappa shape index (κ2) is 6.15. The van der Waals surface area contributed by atoms with Crippen LogP contribution in [0.4, 0.5) is 11.5 Å². The van der Waals surface area contributed by atoms with Crippen molar-refractivity contribution >= 4 is 53.9 Å². The number of fused-ring (bicyclic) bond motifs is 3. The van der Waals surface area contributed by atoms with Crippen LogP contribution in [0, 0.1) is 0 Å². The molecule has 0 saturated carbocycles. The van der Waals surface area contributed by atoms with Crippen molar-refractivity contribution in [3.63, 3.8) is 0 Å². The molecule has 6 heteroatoms. The van der Waals surface area contributed by atoms with Crippen LogP contribution in [0.5, 0.6) is 0 Å². The molecular formula is C15H14N4S2. The number of anilines is 2. The molecule has 0 radical (unpaired) electrons. The number of thiazole rings is 1. The Kier molecular flexibility index (Phi) is 4.08. The summed E-state index contributed by atoms with van der Waals surface area (Å²) in [6, 6.07) is 10.0. The molecule has 4 aromatic rings. The average Bonchev–Trinajstić information content (AvgIpc) is 3.12. The molecule has 0 bridgehead atoms. The summed E-state index contributed by atoms with van der Waals surface area (Å²) in [7, 11) is 0. The van der Waals surface area contributed by atoms with Gasteiger partial charge in [-0.1, -0.05) is 32.0 Å². The van der Waals surface area contributed by atoms with E-state index in [0.29, 0.717) is 0 Å². The Morgan fingerprint density at radius 1 is 0.952 bits per heavy atom. The molecule has 0 aliphatic heterocycles. The van der Waals surface area contributed by atoms with Crippen LogP contribution in [-0.2, 0) is 0 Å². The van der Waals surface area contributed by atoms with Crippen LogP contribution in [0.2, 0.25) is 0 Å². The number of aromatic nitrogens is 3. The van der Waals surface area contributed by atoms with E-state index in [2.05, 4.69) is 20.3 Å². The Morgan fingerprint density at radius 2 is 1.76 bits per heavy atom. The highest BCUT2D eigenvalue weighted by Crippen LogP contribution is 2.37. The Labute approximate surface area is 130 Å². The van der Waals surface area contributed by atoms with Gasteiger partial charge in [-0.3, -0.25) is 0 Å². The van der Waals surface area contributed by atoms with E-state index < -0.39 is 0 Å². The lowest BCUT2D eigenvalue weighted by Crippen LogP contribution is -1.93. The summed E-state index contributed by atoms with van der Waals surface area (Å²) in [5, 5.41) is 3.33. The summed E-state index contributed by atoms with van der Waals surface area (Å²) in [6.07, 6.45) is 1.60. The first-order valence-corrected chi connectivity index (χ1v) is 8.40. The second-order valence-corrected chi connectivity index (χ2v) is 5.83. The van der Waals surface area contributed by atoms with Crippen molar-refractivity contribution in [3.8, 4) is 0 Å². The smallest absolute Gasteiger partial charge is 0.151 e. The number of nitrogens with zero attached hydrogens (tertiary/aromatic N) is 3. The molecule has 106 valence electrons. The molecule has 4 nitrogen and oxygen atoms in total. The fourth-order valence-electron chi connectivity index (χ4n) is 1.94. The van der Waals surface area contributed by atoms with Crippen LogP contribution in [-0.4, -0.2) is 15.0 Å².